The van der Waals surface area contributed by atoms with Crippen LogP contribution in [0.1, 0.15) is 54.4 Å². The van der Waals surface area contributed by atoms with Crippen LogP contribution in [0.25, 0.3) is 0 Å². The van der Waals surface area contributed by atoms with Crippen molar-refractivity contribution in [3.8, 4) is 0 Å². The molecule has 3 rings (SSSR count). The second kappa shape index (κ2) is 8.07. The van der Waals surface area contributed by atoms with Crippen LogP contribution >= 0.6 is 0 Å². The van der Waals surface area contributed by atoms with Gasteiger partial charge in [-0.25, -0.2) is 0 Å². The number of aryl methyl sites for hydroxylation is 1. The van der Waals surface area contributed by atoms with Crippen molar-refractivity contribution >= 4 is 5.78 Å². The summed E-state index contributed by atoms with van der Waals surface area (Å²) in [5, 5.41) is 0. The molecule has 2 fully saturated rings. The highest BCUT2D eigenvalue weighted by Crippen LogP contribution is 2.28. The zero-order valence-electron chi connectivity index (χ0n) is 14.3. The van der Waals surface area contributed by atoms with Crippen LogP contribution in [0.3, 0.4) is 0 Å². The van der Waals surface area contributed by atoms with Crippen molar-refractivity contribution in [2.24, 2.45) is 5.92 Å². The topological polar surface area (TPSA) is 29.5 Å². The van der Waals surface area contributed by atoms with Crippen molar-refractivity contribution in [2.75, 3.05) is 26.3 Å². The monoisotopic (exact) mass is 315 g/mol. The van der Waals surface area contributed by atoms with Gasteiger partial charge < -0.3 is 4.74 Å². The van der Waals surface area contributed by atoms with Crippen molar-refractivity contribution in [3.05, 3.63) is 35.4 Å². The molecule has 3 nitrogen and oxygen atoms in total. The van der Waals surface area contributed by atoms with Gasteiger partial charge in [-0.3, -0.25) is 9.69 Å². The summed E-state index contributed by atoms with van der Waals surface area (Å²) in [5.74, 6) is 0.564. The predicted octanol–water partition coefficient (Wildman–Crippen LogP) is 3.85. The van der Waals surface area contributed by atoms with Crippen LogP contribution in [0, 0.1) is 12.8 Å². The molecule has 0 aromatic heterocycles. The van der Waals surface area contributed by atoms with E-state index in [0.717, 1.165) is 51.1 Å². The second-order valence-corrected chi connectivity index (χ2v) is 7.09. The molecule has 1 aromatic carbocycles. The summed E-state index contributed by atoms with van der Waals surface area (Å²) in [5.41, 5.74) is 2.11. The predicted molar refractivity (Wildman–Crippen MR) is 92.9 cm³/mol. The van der Waals surface area contributed by atoms with E-state index < -0.39 is 0 Å². The number of Topliss-reactive ketones (excluding diaryl/α,β-unsaturated/α-hetero) is 1. The molecule has 1 heterocycles. The van der Waals surface area contributed by atoms with Crippen LogP contribution < -0.4 is 0 Å². The van der Waals surface area contributed by atoms with Gasteiger partial charge in [0.15, 0.2) is 5.78 Å². The molecule has 1 saturated carbocycles. The minimum absolute atomic E-state index is 0.210. The largest absolute Gasteiger partial charge is 0.379 e. The zero-order chi connectivity index (χ0) is 16.1. The molecule has 2 aliphatic rings. The van der Waals surface area contributed by atoms with Gasteiger partial charge in [-0.2, -0.15) is 0 Å². The lowest BCUT2D eigenvalue weighted by Gasteiger charge is -2.36. The smallest absolute Gasteiger partial charge is 0.165 e. The lowest BCUT2D eigenvalue weighted by Crippen LogP contribution is -2.44. The first-order chi connectivity index (χ1) is 11.2. The van der Waals surface area contributed by atoms with Crippen LogP contribution in [0.2, 0.25) is 0 Å². The van der Waals surface area contributed by atoms with E-state index in [4.69, 9.17) is 4.74 Å². The minimum atomic E-state index is 0.210. The molecule has 23 heavy (non-hydrogen) atoms. The van der Waals surface area contributed by atoms with Crippen LogP contribution in [0.4, 0.5) is 0 Å². The molecule has 1 saturated heterocycles. The zero-order valence-corrected chi connectivity index (χ0v) is 14.3. The summed E-state index contributed by atoms with van der Waals surface area (Å²) >= 11 is 0. The quantitative estimate of drug-likeness (QED) is 0.794. The first-order valence-electron chi connectivity index (χ1n) is 9.17. The van der Waals surface area contributed by atoms with Gasteiger partial charge >= 0.3 is 0 Å². The van der Waals surface area contributed by atoms with Crippen molar-refractivity contribution in [1.29, 1.82) is 0 Å². The van der Waals surface area contributed by atoms with Crippen molar-refractivity contribution < 1.29 is 9.53 Å². The number of morpholine rings is 1. The molecule has 1 aromatic rings. The standard InChI is InChI=1S/C20H29NO2/c1-16-6-8-18(9-7-16)20(22)17-4-2-3-5-19(11-10-17)21-12-14-23-15-13-21/h6-9,17,19H,2-5,10-15H2,1H3. The van der Waals surface area contributed by atoms with E-state index in [1.165, 1.54) is 24.8 Å². The summed E-state index contributed by atoms with van der Waals surface area (Å²) in [6, 6.07) is 8.73. The molecule has 0 radical (unpaired) electrons. The molecule has 126 valence electrons. The molecule has 0 bridgehead atoms. The number of rotatable bonds is 3. The maximum Gasteiger partial charge on any atom is 0.165 e. The third-order valence-corrected chi connectivity index (χ3v) is 5.46. The van der Waals surface area contributed by atoms with E-state index in [1.54, 1.807) is 0 Å². The lowest BCUT2D eigenvalue weighted by molar-refractivity contribution is 0.00970. The Kier molecular flexibility index (Phi) is 5.85. The van der Waals surface area contributed by atoms with Crippen LogP contribution in [-0.2, 0) is 4.74 Å². The van der Waals surface area contributed by atoms with Gasteiger partial charge in [0.1, 0.15) is 0 Å². The summed E-state index contributed by atoms with van der Waals surface area (Å²) in [4.78, 5) is 15.4. The molecule has 2 atom stereocenters. The summed E-state index contributed by atoms with van der Waals surface area (Å²) < 4.78 is 5.48. The molecule has 0 amide bonds. The average Bonchev–Trinajstić information content (AvgIpc) is 2.56. The highest BCUT2D eigenvalue weighted by molar-refractivity contribution is 5.97. The molecular formula is C20H29NO2. The van der Waals surface area contributed by atoms with E-state index >= 15 is 0 Å². The van der Waals surface area contributed by atoms with Crippen LogP contribution in [-0.4, -0.2) is 43.0 Å². The fraction of sp³-hybridized carbons (Fsp3) is 0.650. The molecule has 0 spiro atoms. The van der Waals surface area contributed by atoms with Gasteiger partial charge in [0.25, 0.3) is 0 Å². The fourth-order valence-corrected chi connectivity index (χ4v) is 3.98. The van der Waals surface area contributed by atoms with Crippen LogP contribution in [0.15, 0.2) is 24.3 Å². The number of ether oxygens (including phenoxy) is 1. The number of carbonyl (C=O) groups excluding carboxylic acids is 1. The third kappa shape index (κ3) is 4.42. The molecule has 1 aliphatic carbocycles. The Balaban J connectivity index is 1.61. The Hall–Kier alpha value is -1.19. The van der Waals surface area contributed by atoms with Crippen molar-refractivity contribution in [1.82, 2.24) is 4.90 Å². The van der Waals surface area contributed by atoms with Gasteiger partial charge in [-0.15, -0.1) is 0 Å². The Morgan fingerprint density at radius 1 is 1.00 bits per heavy atom. The van der Waals surface area contributed by atoms with E-state index in [9.17, 15) is 4.79 Å². The van der Waals surface area contributed by atoms with Gasteiger partial charge in [0, 0.05) is 30.6 Å². The SMILES string of the molecule is Cc1ccc(C(=O)C2CCCCC(N3CCOCC3)CC2)cc1. The number of benzene rings is 1. The van der Waals surface area contributed by atoms with E-state index in [2.05, 4.69) is 11.8 Å². The number of carbonyl (C=O) groups is 1. The third-order valence-electron chi connectivity index (χ3n) is 5.46. The maximum atomic E-state index is 12.8. The number of ketones is 1. The minimum Gasteiger partial charge on any atom is -0.379 e. The van der Waals surface area contributed by atoms with E-state index in [1.807, 2.05) is 24.3 Å². The first-order valence-corrected chi connectivity index (χ1v) is 9.17. The first kappa shape index (κ1) is 16.7. The number of hydrogen-bond acceptors (Lipinski definition) is 3. The van der Waals surface area contributed by atoms with Gasteiger partial charge in [0.05, 0.1) is 13.2 Å². The Morgan fingerprint density at radius 3 is 2.43 bits per heavy atom. The molecule has 3 heteroatoms. The van der Waals surface area contributed by atoms with Gasteiger partial charge in [-0.1, -0.05) is 42.7 Å². The molecule has 2 unspecified atom stereocenters. The highest BCUT2D eigenvalue weighted by atomic mass is 16.5. The average molecular weight is 315 g/mol. The van der Waals surface area contributed by atoms with Crippen LogP contribution in [0.5, 0.6) is 0 Å². The summed E-state index contributed by atoms with van der Waals surface area (Å²) in [6.45, 7) is 5.91. The Labute approximate surface area is 140 Å². The van der Waals surface area contributed by atoms with E-state index in [-0.39, 0.29) is 5.92 Å². The number of nitrogens with zero attached hydrogens (tertiary/aromatic N) is 1. The second-order valence-electron chi connectivity index (χ2n) is 7.09. The number of hydrogen-bond donors (Lipinski definition) is 0. The Morgan fingerprint density at radius 2 is 1.70 bits per heavy atom. The fourth-order valence-electron chi connectivity index (χ4n) is 3.98. The normalized spacial score (nSPS) is 27.2. The van der Waals surface area contributed by atoms with Crippen molar-refractivity contribution in [2.45, 2.75) is 51.5 Å². The highest BCUT2D eigenvalue weighted by Gasteiger charge is 2.27. The summed E-state index contributed by atoms with van der Waals surface area (Å²) in [6.07, 6.45) is 6.97. The molecule has 1 aliphatic heterocycles. The Bertz CT molecular complexity index is 505. The van der Waals surface area contributed by atoms with Crippen molar-refractivity contribution in [3.63, 3.8) is 0 Å². The lowest BCUT2D eigenvalue weighted by atomic mass is 9.83. The molecule has 0 N–H and O–H groups in total. The molecular weight excluding hydrogens is 286 g/mol. The van der Waals surface area contributed by atoms with Gasteiger partial charge in [0.2, 0.25) is 0 Å². The van der Waals surface area contributed by atoms with Gasteiger partial charge in [-0.05, 0) is 32.6 Å². The summed E-state index contributed by atoms with van der Waals surface area (Å²) in [7, 11) is 0. The maximum absolute atomic E-state index is 12.8. The van der Waals surface area contributed by atoms with E-state index in [0.29, 0.717) is 11.8 Å².